The van der Waals surface area contributed by atoms with Crippen LogP contribution in [0.25, 0.3) is 0 Å². The number of halogens is 6. The molecular formula is C14H25F6O4P. The van der Waals surface area contributed by atoms with Crippen LogP contribution in [0.4, 0.5) is 26.3 Å². The fraction of sp³-hybridized carbons (Fsp3) is 1.00. The second-order valence-corrected chi connectivity index (χ2v) is 7.33. The summed E-state index contributed by atoms with van der Waals surface area (Å²) >= 11 is 0. The third-order valence-electron chi connectivity index (χ3n) is 3.56. The summed E-state index contributed by atoms with van der Waals surface area (Å²) in [5, 5.41) is 0. The molecule has 0 aliphatic heterocycles. The highest BCUT2D eigenvalue weighted by Crippen LogP contribution is 2.36. The fourth-order valence-electron chi connectivity index (χ4n) is 2.53. The Bertz CT molecular complexity index is 378. The summed E-state index contributed by atoms with van der Waals surface area (Å²) in [6.45, 7) is -0.0547. The van der Waals surface area contributed by atoms with Crippen LogP contribution >= 0.6 is 7.82 Å². The first-order valence-electron chi connectivity index (χ1n) is 8.12. The van der Waals surface area contributed by atoms with Crippen LogP contribution in [-0.2, 0) is 9.09 Å². The van der Waals surface area contributed by atoms with Gasteiger partial charge in [-0.05, 0) is 18.8 Å². The van der Waals surface area contributed by atoms with Crippen molar-refractivity contribution in [2.75, 3.05) is 6.61 Å². The average molecular weight is 402 g/mol. The number of hydrogen-bond donors (Lipinski definition) is 2. The molecule has 0 aromatic heterocycles. The molecule has 152 valence electrons. The molecule has 0 atom stereocenters. The van der Waals surface area contributed by atoms with Gasteiger partial charge >= 0.3 is 20.2 Å². The topological polar surface area (TPSA) is 66.8 Å². The first-order chi connectivity index (χ1) is 11.3. The standard InChI is InChI=1S/C14H25F6O4P/c15-13(16,17)10-12(11-14(18,19)20)8-6-4-2-1-3-5-7-9-24-25(21,22)23/h12H,1-11H2,(H2,21,22,23). The van der Waals surface area contributed by atoms with Crippen molar-refractivity contribution in [3.8, 4) is 0 Å². The minimum absolute atomic E-state index is 0.0547. The summed E-state index contributed by atoms with van der Waals surface area (Å²) in [4.78, 5) is 16.9. The van der Waals surface area contributed by atoms with Gasteiger partial charge in [0.25, 0.3) is 0 Å². The van der Waals surface area contributed by atoms with E-state index in [1.807, 2.05) is 0 Å². The van der Waals surface area contributed by atoms with E-state index in [0.717, 1.165) is 12.8 Å². The van der Waals surface area contributed by atoms with E-state index in [2.05, 4.69) is 4.52 Å². The number of rotatable bonds is 13. The van der Waals surface area contributed by atoms with E-state index < -0.39 is 38.9 Å². The van der Waals surface area contributed by atoms with Gasteiger partial charge in [-0.1, -0.05) is 38.5 Å². The van der Waals surface area contributed by atoms with Crippen LogP contribution in [0.1, 0.15) is 64.2 Å². The predicted octanol–water partition coefficient (Wildman–Crippen LogP) is 5.74. The van der Waals surface area contributed by atoms with E-state index >= 15 is 0 Å². The second kappa shape index (κ2) is 11.4. The molecule has 4 nitrogen and oxygen atoms in total. The smallest absolute Gasteiger partial charge is 0.303 e. The molecule has 25 heavy (non-hydrogen) atoms. The fourth-order valence-corrected chi connectivity index (χ4v) is 2.90. The normalized spacial score (nSPS) is 13.6. The van der Waals surface area contributed by atoms with Crippen molar-refractivity contribution < 1.29 is 45.2 Å². The first kappa shape index (κ1) is 24.7. The summed E-state index contributed by atoms with van der Waals surface area (Å²) in [7, 11) is -4.44. The van der Waals surface area contributed by atoms with E-state index in [-0.39, 0.29) is 13.0 Å². The lowest BCUT2D eigenvalue weighted by Crippen LogP contribution is -2.21. The van der Waals surface area contributed by atoms with Crippen LogP contribution in [0.2, 0.25) is 0 Å². The van der Waals surface area contributed by atoms with Crippen molar-refractivity contribution >= 4 is 7.82 Å². The quantitative estimate of drug-likeness (QED) is 0.234. The van der Waals surface area contributed by atoms with E-state index in [1.165, 1.54) is 0 Å². The number of hydrogen-bond acceptors (Lipinski definition) is 2. The summed E-state index contributed by atoms with van der Waals surface area (Å²) in [6, 6.07) is 0. The lowest BCUT2D eigenvalue weighted by molar-refractivity contribution is -0.173. The van der Waals surface area contributed by atoms with Crippen molar-refractivity contribution in [3.63, 3.8) is 0 Å². The maximum absolute atomic E-state index is 12.3. The van der Waals surface area contributed by atoms with Gasteiger partial charge in [0.2, 0.25) is 0 Å². The lowest BCUT2D eigenvalue weighted by atomic mass is 9.93. The van der Waals surface area contributed by atoms with Crippen LogP contribution in [-0.4, -0.2) is 28.7 Å². The highest BCUT2D eigenvalue weighted by Gasteiger charge is 2.38. The number of unbranched alkanes of at least 4 members (excludes halogenated alkanes) is 6. The van der Waals surface area contributed by atoms with Crippen LogP contribution in [0.5, 0.6) is 0 Å². The first-order valence-corrected chi connectivity index (χ1v) is 9.65. The molecule has 0 spiro atoms. The molecule has 0 aromatic carbocycles. The average Bonchev–Trinajstić information content (AvgIpc) is 2.35. The third-order valence-corrected chi connectivity index (χ3v) is 4.08. The van der Waals surface area contributed by atoms with Crippen LogP contribution in [0, 0.1) is 5.92 Å². The third kappa shape index (κ3) is 19.9. The van der Waals surface area contributed by atoms with Crippen LogP contribution < -0.4 is 0 Å². The minimum atomic E-state index is -4.59. The van der Waals surface area contributed by atoms with Gasteiger partial charge in [-0.25, -0.2) is 4.57 Å². The van der Waals surface area contributed by atoms with E-state index in [0.29, 0.717) is 32.1 Å². The molecule has 0 saturated carbocycles. The van der Waals surface area contributed by atoms with Gasteiger partial charge in [-0.3, -0.25) is 4.52 Å². The molecule has 0 saturated heterocycles. The monoisotopic (exact) mass is 402 g/mol. The van der Waals surface area contributed by atoms with Gasteiger partial charge in [0.05, 0.1) is 6.61 Å². The van der Waals surface area contributed by atoms with Gasteiger partial charge in [0, 0.05) is 12.8 Å². The molecule has 2 N–H and O–H groups in total. The zero-order valence-corrected chi connectivity index (χ0v) is 14.7. The van der Waals surface area contributed by atoms with Crippen molar-refractivity contribution in [3.05, 3.63) is 0 Å². The Balaban J connectivity index is 3.76. The van der Waals surface area contributed by atoms with E-state index in [4.69, 9.17) is 9.79 Å². The Labute approximate surface area is 143 Å². The molecule has 0 rings (SSSR count). The molecule has 0 radical (unpaired) electrons. The molecule has 0 unspecified atom stereocenters. The molecule has 0 fully saturated rings. The number of phosphoric ester groups is 1. The summed E-state index contributed by atoms with van der Waals surface area (Å²) < 4.78 is 88.5. The Kier molecular flexibility index (Phi) is 11.3. The molecule has 0 aliphatic rings. The van der Waals surface area contributed by atoms with Crippen LogP contribution in [0.3, 0.4) is 0 Å². The summed E-state index contributed by atoms with van der Waals surface area (Å²) in [5.41, 5.74) is 0. The van der Waals surface area contributed by atoms with Gasteiger partial charge in [0.15, 0.2) is 0 Å². The van der Waals surface area contributed by atoms with Gasteiger partial charge < -0.3 is 9.79 Å². The van der Waals surface area contributed by atoms with Gasteiger partial charge in [-0.2, -0.15) is 26.3 Å². The summed E-state index contributed by atoms with van der Waals surface area (Å²) in [5.74, 6) is -1.43. The minimum Gasteiger partial charge on any atom is -0.303 e. The van der Waals surface area contributed by atoms with Crippen molar-refractivity contribution in [1.82, 2.24) is 0 Å². The largest absolute Gasteiger partial charge is 0.469 e. The Morgan fingerprint density at radius 1 is 0.760 bits per heavy atom. The van der Waals surface area contributed by atoms with Gasteiger partial charge in [0.1, 0.15) is 0 Å². The summed E-state index contributed by atoms with van der Waals surface area (Å²) in [6.07, 6.45) is -7.84. The molecule has 11 heteroatoms. The Hall–Kier alpha value is -0.310. The van der Waals surface area contributed by atoms with Crippen molar-refractivity contribution in [2.45, 2.75) is 76.6 Å². The Morgan fingerprint density at radius 2 is 1.16 bits per heavy atom. The van der Waals surface area contributed by atoms with Crippen molar-refractivity contribution in [2.24, 2.45) is 5.92 Å². The highest BCUT2D eigenvalue weighted by molar-refractivity contribution is 7.46. The maximum atomic E-state index is 12.3. The molecular weight excluding hydrogens is 377 g/mol. The SMILES string of the molecule is O=P(O)(O)OCCCCCCCCCC(CC(F)(F)F)CC(F)(F)F. The number of phosphoric acid groups is 1. The number of alkyl halides is 6. The second-order valence-electron chi connectivity index (χ2n) is 6.09. The van der Waals surface area contributed by atoms with Crippen LogP contribution in [0.15, 0.2) is 0 Å². The molecule has 0 bridgehead atoms. The zero-order valence-electron chi connectivity index (χ0n) is 13.8. The zero-order chi connectivity index (χ0) is 19.6. The van der Waals surface area contributed by atoms with E-state index in [9.17, 15) is 30.9 Å². The molecule has 0 aromatic rings. The van der Waals surface area contributed by atoms with Crippen molar-refractivity contribution in [1.29, 1.82) is 0 Å². The van der Waals surface area contributed by atoms with Gasteiger partial charge in [-0.15, -0.1) is 0 Å². The molecule has 0 heterocycles. The molecule has 0 amide bonds. The predicted molar refractivity (Wildman–Crippen MR) is 79.8 cm³/mol. The highest BCUT2D eigenvalue weighted by atomic mass is 31.2. The Morgan fingerprint density at radius 3 is 1.56 bits per heavy atom. The van der Waals surface area contributed by atoms with E-state index in [1.54, 1.807) is 0 Å². The maximum Gasteiger partial charge on any atom is 0.469 e. The lowest BCUT2D eigenvalue weighted by Gasteiger charge is -2.20. The molecule has 0 aliphatic carbocycles.